The van der Waals surface area contributed by atoms with Crippen LogP contribution < -0.4 is 0 Å². The molecule has 0 unspecified atom stereocenters. The summed E-state index contributed by atoms with van der Waals surface area (Å²) in [5.74, 6) is -0.175. The third kappa shape index (κ3) is 1.93. The van der Waals surface area contributed by atoms with Crippen LogP contribution in [0.1, 0.15) is 27.6 Å². The monoisotopic (exact) mass is 263 g/mol. The summed E-state index contributed by atoms with van der Waals surface area (Å²) >= 11 is 0. The number of carbonyl (C=O) groups excluding carboxylic acids is 2. The first-order valence-electron chi connectivity index (χ1n) is 6.39. The largest absolute Gasteiger partial charge is 0.294 e. The molecule has 1 heterocycles. The van der Waals surface area contributed by atoms with Crippen LogP contribution in [0.2, 0.25) is 0 Å². The number of rotatable bonds is 2. The fraction of sp³-hybridized carbons (Fsp3) is 0.0588. The molecule has 3 rings (SSSR count). The smallest absolute Gasteiger partial charge is 0.262 e. The van der Waals surface area contributed by atoms with Gasteiger partial charge < -0.3 is 0 Å². The standard InChI is InChI=1S/C17H13NO2/c1-12(19)15-9-5-8-13-10-11-18(16(13)15)17(20)14-6-3-2-4-7-14/h2-11H,1H3. The molecule has 0 saturated carbocycles. The zero-order valence-corrected chi connectivity index (χ0v) is 11.0. The molecule has 0 aliphatic carbocycles. The van der Waals surface area contributed by atoms with Crippen molar-refractivity contribution in [1.29, 1.82) is 0 Å². The summed E-state index contributed by atoms with van der Waals surface area (Å²) in [5, 5.41) is 0.891. The minimum Gasteiger partial charge on any atom is -0.294 e. The third-order valence-electron chi connectivity index (χ3n) is 3.33. The quantitative estimate of drug-likeness (QED) is 0.663. The number of Topliss-reactive ketones (excluding diaryl/α,β-unsaturated/α-hetero) is 1. The molecule has 3 nitrogen and oxygen atoms in total. The Morgan fingerprint density at radius 1 is 0.900 bits per heavy atom. The molecule has 0 spiro atoms. The first kappa shape index (κ1) is 12.4. The van der Waals surface area contributed by atoms with E-state index in [0.717, 1.165) is 5.39 Å². The lowest BCUT2D eigenvalue weighted by Gasteiger charge is -2.07. The molecule has 0 aliphatic heterocycles. The van der Waals surface area contributed by atoms with Crippen molar-refractivity contribution in [2.75, 3.05) is 0 Å². The van der Waals surface area contributed by atoms with Crippen molar-refractivity contribution in [3.05, 3.63) is 71.9 Å². The zero-order chi connectivity index (χ0) is 14.1. The Labute approximate surface area is 116 Å². The molecule has 20 heavy (non-hydrogen) atoms. The van der Waals surface area contributed by atoms with Gasteiger partial charge >= 0.3 is 0 Å². The molecule has 98 valence electrons. The number of hydrogen-bond donors (Lipinski definition) is 0. The Bertz CT molecular complexity index is 800. The molecule has 0 N–H and O–H groups in total. The van der Waals surface area contributed by atoms with Gasteiger partial charge in [0, 0.05) is 22.7 Å². The van der Waals surface area contributed by atoms with Gasteiger partial charge in [-0.05, 0) is 31.2 Å². The molecule has 0 atom stereocenters. The first-order valence-corrected chi connectivity index (χ1v) is 6.39. The van der Waals surface area contributed by atoms with Crippen molar-refractivity contribution in [2.45, 2.75) is 6.92 Å². The maximum Gasteiger partial charge on any atom is 0.262 e. The maximum atomic E-state index is 12.5. The van der Waals surface area contributed by atoms with Gasteiger partial charge in [0.05, 0.1) is 5.52 Å². The van der Waals surface area contributed by atoms with Crippen LogP contribution in [-0.2, 0) is 0 Å². The van der Waals surface area contributed by atoms with E-state index in [2.05, 4.69) is 0 Å². The van der Waals surface area contributed by atoms with Gasteiger partial charge in [-0.25, -0.2) is 0 Å². The van der Waals surface area contributed by atoms with Gasteiger partial charge in [0.1, 0.15) is 0 Å². The molecular formula is C17H13NO2. The number of hydrogen-bond acceptors (Lipinski definition) is 2. The summed E-state index contributed by atoms with van der Waals surface area (Å²) in [4.78, 5) is 24.3. The number of aromatic nitrogens is 1. The van der Waals surface area contributed by atoms with Gasteiger partial charge in [0.2, 0.25) is 0 Å². The van der Waals surface area contributed by atoms with E-state index in [4.69, 9.17) is 0 Å². The lowest BCUT2D eigenvalue weighted by molar-refractivity contribution is 0.0965. The van der Waals surface area contributed by atoms with Gasteiger partial charge in [0.15, 0.2) is 5.78 Å². The second-order valence-corrected chi connectivity index (χ2v) is 4.66. The highest BCUT2D eigenvalue weighted by Gasteiger charge is 2.15. The number of benzene rings is 2. The maximum absolute atomic E-state index is 12.5. The molecule has 0 saturated heterocycles. The fourth-order valence-corrected chi connectivity index (χ4v) is 2.37. The van der Waals surface area contributed by atoms with Gasteiger partial charge in [-0.15, -0.1) is 0 Å². The van der Waals surface area contributed by atoms with E-state index in [0.29, 0.717) is 16.6 Å². The molecule has 0 aliphatic rings. The van der Waals surface area contributed by atoms with Crippen molar-refractivity contribution in [1.82, 2.24) is 4.57 Å². The Balaban J connectivity index is 2.23. The van der Waals surface area contributed by atoms with Gasteiger partial charge in [-0.2, -0.15) is 0 Å². The molecule has 0 bridgehead atoms. The lowest BCUT2D eigenvalue weighted by Crippen LogP contribution is -2.12. The summed E-state index contributed by atoms with van der Waals surface area (Å²) in [5.41, 5.74) is 1.84. The average Bonchev–Trinajstić information content (AvgIpc) is 2.91. The SMILES string of the molecule is CC(=O)c1cccc2ccn(C(=O)c3ccccc3)c12. The van der Waals surface area contributed by atoms with E-state index in [1.165, 1.54) is 6.92 Å². The lowest BCUT2D eigenvalue weighted by atomic mass is 10.1. The van der Waals surface area contributed by atoms with E-state index in [1.807, 2.05) is 36.4 Å². The number of fused-ring (bicyclic) bond motifs is 1. The summed E-state index contributed by atoms with van der Waals surface area (Å²) in [7, 11) is 0. The molecule has 1 aromatic heterocycles. The normalized spacial score (nSPS) is 10.7. The van der Waals surface area contributed by atoms with Crippen LogP contribution in [-0.4, -0.2) is 16.3 Å². The fourth-order valence-electron chi connectivity index (χ4n) is 2.37. The second kappa shape index (κ2) is 4.78. The Kier molecular flexibility index (Phi) is 2.95. The first-order chi connectivity index (χ1) is 9.68. The van der Waals surface area contributed by atoms with Gasteiger partial charge in [-0.3, -0.25) is 14.2 Å². The van der Waals surface area contributed by atoms with Crippen LogP contribution in [0.3, 0.4) is 0 Å². The number of ketones is 1. The molecular weight excluding hydrogens is 250 g/mol. The van der Waals surface area contributed by atoms with Crippen LogP contribution in [0, 0.1) is 0 Å². The highest BCUT2D eigenvalue weighted by Crippen LogP contribution is 2.22. The molecule has 0 radical (unpaired) electrons. The summed E-state index contributed by atoms with van der Waals surface area (Å²) in [6.07, 6.45) is 1.71. The van der Waals surface area contributed by atoms with Crippen molar-refractivity contribution in [2.24, 2.45) is 0 Å². The van der Waals surface area contributed by atoms with Crippen molar-refractivity contribution < 1.29 is 9.59 Å². The number of nitrogens with zero attached hydrogens (tertiary/aromatic N) is 1. The molecule has 0 amide bonds. The molecule has 2 aromatic carbocycles. The van der Waals surface area contributed by atoms with Gasteiger partial charge in [-0.1, -0.05) is 30.3 Å². The van der Waals surface area contributed by atoms with Crippen LogP contribution in [0.25, 0.3) is 10.9 Å². The second-order valence-electron chi connectivity index (χ2n) is 4.66. The zero-order valence-electron chi connectivity index (χ0n) is 11.0. The number of para-hydroxylation sites is 1. The molecule has 3 heteroatoms. The van der Waals surface area contributed by atoms with Crippen LogP contribution in [0.5, 0.6) is 0 Å². The van der Waals surface area contributed by atoms with Crippen molar-refractivity contribution >= 4 is 22.6 Å². The predicted octanol–water partition coefficient (Wildman–Crippen LogP) is 3.53. The van der Waals surface area contributed by atoms with Crippen LogP contribution >= 0.6 is 0 Å². The highest BCUT2D eigenvalue weighted by atomic mass is 16.2. The topological polar surface area (TPSA) is 39.1 Å². The summed E-state index contributed by atoms with van der Waals surface area (Å²) < 4.78 is 1.54. The Morgan fingerprint density at radius 2 is 1.65 bits per heavy atom. The van der Waals surface area contributed by atoms with Gasteiger partial charge in [0.25, 0.3) is 5.91 Å². The Morgan fingerprint density at radius 3 is 2.35 bits per heavy atom. The minimum atomic E-state index is -0.130. The summed E-state index contributed by atoms with van der Waals surface area (Å²) in [6, 6.07) is 16.4. The van der Waals surface area contributed by atoms with E-state index in [9.17, 15) is 9.59 Å². The molecule has 3 aromatic rings. The van der Waals surface area contributed by atoms with E-state index >= 15 is 0 Å². The van der Waals surface area contributed by atoms with Crippen molar-refractivity contribution in [3.8, 4) is 0 Å². The third-order valence-corrected chi connectivity index (χ3v) is 3.33. The highest BCUT2D eigenvalue weighted by molar-refractivity contribution is 6.10. The Hall–Kier alpha value is -2.68. The van der Waals surface area contributed by atoms with Crippen LogP contribution in [0.4, 0.5) is 0 Å². The molecule has 0 fully saturated rings. The average molecular weight is 263 g/mol. The number of carbonyl (C=O) groups is 2. The summed E-state index contributed by atoms with van der Waals surface area (Å²) in [6.45, 7) is 1.51. The minimum absolute atomic E-state index is 0.0450. The van der Waals surface area contributed by atoms with E-state index in [-0.39, 0.29) is 11.7 Å². The predicted molar refractivity (Wildman–Crippen MR) is 78.1 cm³/mol. The van der Waals surface area contributed by atoms with Crippen molar-refractivity contribution in [3.63, 3.8) is 0 Å². The van der Waals surface area contributed by atoms with E-state index < -0.39 is 0 Å². The van der Waals surface area contributed by atoms with E-state index in [1.54, 1.807) is 29.0 Å². The van der Waals surface area contributed by atoms with Crippen LogP contribution in [0.15, 0.2) is 60.8 Å².